The number of nitrogens with zero attached hydrogens (tertiary/aromatic N) is 2. The van der Waals surface area contributed by atoms with Crippen molar-refractivity contribution in [2.45, 2.75) is 26.3 Å². The molecule has 0 unspecified atom stereocenters. The standard InChI is InChI=1S/C18H26N2OS/c1-15-4-2-3-5-17(15)14-19-8-6-16(7-9-19)18(21)20-10-12-22-13-11-20/h2-5,16H,6-14H2,1H3. The van der Waals surface area contributed by atoms with Crippen molar-refractivity contribution in [2.24, 2.45) is 5.92 Å². The molecule has 2 heterocycles. The topological polar surface area (TPSA) is 23.6 Å². The Hall–Kier alpha value is -1.00. The maximum absolute atomic E-state index is 12.6. The Balaban J connectivity index is 1.50. The first-order chi connectivity index (χ1) is 10.7. The maximum atomic E-state index is 12.6. The zero-order valence-corrected chi connectivity index (χ0v) is 14.3. The Morgan fingerprint density at radius 1 is 1.14 bits per heavy atom. The average molecular weight is 318 g/mol. The van der Waals surface area contributed by atoms with Crippen LogP contribution < -0.4 is 0 Å². The molecule has 120 valence electrons. The number of hydrogen-bond acceptors (Lipinski definition) is 3. The number of benzene rings is 1. The summed E-state index contributed by atoms with van der Waals surface area (Å²) in [7, 11) is 0. The lowest BCUT2D eigenvalue weighted by atomic mass is 9.94. The molecule has 1 aromatic carbocycles. The fourth-order valence-corrected chi connectivity index (χ4v) is 4.31. The minimum Gasteiger partial charge on any atom is -0.341 e. The van der Waals surface area contributed by atoms with Gasteiger partial charge in [0.2, 0.25) is 5.91 Å². The van der Waals surface area contributed by atoms with Gasteiger partial charge >= 0.3 is 0 Å². The van der Waals surface area contributed by atoms with Crippen molar-refractivity contribution in [3.8, 4) is 0 Å². The molecule has 0 N–H and O–H groups in total. The van der Waals surface area contributed by atoms with Crippen molar-refractivity contribution in [2.75, 3.05) is 37.7 Å². The molecule has 22 heavy (non-hydrogen) atoms. The van der Waals surface area contributed by atoms with Gasteiger partial charge in [-0.3, -0.25) is 9.69 Å². The molecule has 0 aromatic heterocycles. The molecular weight excluding hydrogens is 292 g/mol. The first kappa shape index (κ1) is 15.9. The summed E-state index contributed by atoms with van der Waals surface area (Å²) in [5.74, 6) is 2.89. The summed E-state index contributed by atoms with van der Waals surface area (Å²) < 4.78 is 0. The molecule has 2 fully saturated rings. The molecule has 0 saturated carbocycles. The van der Waals surface area contributed by atoms with Gasteiger partial charge in [-0.25, -0.2) is 0 Å². The normalized spacial score (nSPS) is 21.0. The Morgan fingerprint density at radius 3 is 2.50 bits per heavy atom. The van der Waals surface area contributed by atoms with Gasteiger partial charge in [0.15, 0.2) is 0 Å². The number of carbonyl (C=O) groups is 1. The van der Waals surface area contributed by atoms with E-state index in [4.69, 9.17) is 0 Å². The molecule has 4 heteroatoms. The summed E-state index contributed by atoms with van der Waals surface area (Å²) in [6, 6.07) is 8.62. The van der Waals surface area contributed by atoms with Gasteiger partial charge in [0.1, 0.15) is 0 Å². The quantitative estimate of drug-likeness (QED) is 0.856. The van der Waals surface area contributed by atoms with E-state index in [0.717, 1.165) is 57.1 Å². The number of rotatable bonds is 3. The van der Waals surface area contributed by atoms with Crippen LogP contribution in [0.4, 0.5) is 0 Å². The van der Waals surface area contributed by atoms with Crippen LogP contribution >= 0.6 is 11.8 Å². The van der Waals surface area contributed by atoms with Crippen LogP contribution in [0.5, 0.6) is 0 Å². The molecule has 2 aliphatic rings. The summed E-state index contributed by atoms with van der Waals surface area (Å²) in [6.45, 7) is 7.20. The highest BCUT2D eigenvalue weighted by molar-refractivity contribution is 7.99. The van der Waals surface area contributed by atoms with E-state index in [1.165, 1.54) is 11.1 Å². The molecule has 2 saturated heterocycles. The molecule has 0 bridgehead atoms. The highest BCUT2D eigenvalue weighted by atomic mass is 32.2. The molecule has 0 aliphatic carbocycles. The van der Waals surface area contributed by atoms with Gasteiger partial charge in [-0.1, -0.05) is 24.3 Å². The smallest absolute Gasteiger partial charge is 0.225 e. The van der Waals surface area contributed by atoms with Crippen LogP contribution in [-0.2, 0) is 11.3 Å². The van der Waals surface area contributed by atoms with Gasteiger partial charge in [0, 0.05) is 37.1 Å². The second-order valence-corrected chi connectivity index (χ2v) is 7.64. The first-order valence-electron chi connectivity index (χ1n) is 8.37. The van der Waals surface area contributed by atoms with Crippen molar-refractivity contribution in [3.05, 3.63) is 35.4 Å². The summed E-state index contributed by atoms with van der Waals surface area (Å²) in [5, 5.41) is 0. The van der Waals surface area contributed by atoms with Gasteiger partial charge in [-0.05, 0) is 44.0 Å². The summed E-state index contributed by atoms with van der Waals surface area (Å²) in [4.78, 5) is 17.2. The molecular formula is C18H26N2OS. The number of aryl methyl sites for hydroxylation is 1. The van der Waals surface area contributed by atoms with E-state index in [2.05, 4.69) is 41.0 Å². The SMILES string of the molecule is Cc1ccccc1CN1CCC(C(=O)N2CCSCC2)CC1. The number of likely N-dealkylation sites (tertiary alicyclic amines) is 1. The van der Waals surface area contributed by atoms with Crippen LogP contribution in [0.2, 0.25) is 0 Å². The van der Waals surface area contributed by atoms with Crippen LogP contribution in [-0.4, -0.2) is 53.4 Å². The number of amides is 1. The van der Waals surface area contributed by atoms with Crippen molar-refractivity contribution in [3.63, 3.8) is 0 Å². The number of piperidine rings is 1. The maximum Gasteiger partial charge on any atom is 0.225 e. The van der Waals surface area contributed by atoms with Crippen LogP contribution in [0.1, 0.15) is 24.0 Å². The second-order valence-electron chi connectivity index (χ2n) is 6.41. The predicted molar refractivity (Wildman–Crippen MR) is 93.1 cm³/mol. The Kier molecular flexibility index (Phi) is 5.42. The van der Waals surface area contributed by atoms with E-state index >= 15 is 0 Å². The molecule has 3 nitrogen and oxygen atoms in total. The van der Waals surface area contributed by atoms with Gasteiger partial charge in [-0.2, -0.15) is 11.8 Å². The van der Waals surface area contributed by atoms with E-state index < -0.39 is 0 Å². The van der Waals surface area contributed by atoms with Crippen molar-refractivity contribution < 1.29 is 4.79 Å². The molecule has 0 radical (unpaired) electrons. The molecule has 0 atom stereocenters. The molecule has 1 amide bonds. The minimum absolute atomic E-state index is 0.260. The second kappa shape index (κ2) is 7.51. The summed E-state index contributed by atoms with van der Waals surface area (Å²) >= 11 is 1.96. The fraction of sp³-hybridized carbons (Fsp3) is 0.611. The largest absolute Gasteiger partial charge is 0.341 e. The van der Waals surface area contributed by atoms with Gasteiger partial charge < -0.3 is 4.90 Å². The van der Waals surface area contributed by atoms with Gasteiger partial charge in [0.25, 0.3) is 0 Å². The minimum atomic E-state index is 0.260. The average Bonchev–Trinajstić information content (AvgIpc) is 2.58. The lowest BCUT2D eigenvalue weighted by Crippen LogP contribution is -2.45. The predicted octanol–water partition coefficient (Wildman–Crippen LogP) is 2.78. The zero-order valence-electron chi connectivity index (χ0n) is 13.5. The summed E-state index contributed by atoms with van der Waals surface area (Å²) in [6.07, 6.45) is 2.04. The van der Waals surface area contributed by atoms with Crippen LogP contribution in [0, 0.1) is 12.8 Å². The zero-order chi connectivity index (χ0) is 15.4. The molecule has 0 spiro atoms. The Morgan fingerprint density at radius 2 is 1.82 bits per heavy atom. The van der Waals surface area contributed by atoms with E-state index in [0.29, 0.717) is 5.91 Å². The van der Waals surface area contributed by atoms with Crippen molar-refractivity contribution in [1.82, 2.24) is 9.80 Å². The number of carbonyl (C=O) groups excluding carboxylic acids is 1. The van der Waals surface area contributed by atoms with Gasteiger partial charge in [-0.15, -0.1) is 0 Å². The Bertz CT molecular complexity index is 506. The lowest BCUT2D eigenvalue weighted by molar-refractivity contribution is -0.136. The molecule has 3 rings (SSSR count). The van der Waals surface area contributed by atoms with E-state index in [-0.39, 0.29) is 5.92 Å². The van der Waals surface area contributed by atoms with E-state index in [1.54, 1.807) is 0 Å². The first-order valence-corrected chi connectivity index (χ1v) is 9.53. The van der Waals surface area contributed by atoms with Crippen molar-refractivity contribution in [1.29, 1.82) is 0 Å². The molecule has 2 aliphatic heterocycles. The monoisotopic (exact) mass is 318 g/mol. The third kappa shape index (κ3) is 3.85. The van der Waals surface area contributed by atoms with E-state index in [9.17, 15) is 4.79 Å². The fourth-order valence-electron chi connectivity index (χ4n) is 3.41. The lowest BCUT2D eigenvalue weighted by Gasteiger charge is -2.35. The highest BCUT2D eigenvalue weighted by Crippen LogP contribution is 2.23. The van der Waals surface area contributed by atoms with Crippen LogP contribution in [0.3, 0.4) is 0 Å². The van der Waals surface area contributed by atoms with Crippen LogP contribution in [0.25, 0.3) is 0 Å². The van der Waals surface area contributed by atoms with E-state index in [1.807, 2.05) is 11.8 Å². The Labute approximate surface area is 138 Å². The summed E-state index contributed by atoms with van der Waals surface area (Å²) in [5.41, 5.74) is 2.78. The van der Waals surface area contributed by atoms with Crippen LogP contribution in [0.15, 0.2) is 24.3 Å². The highest BCUT2D eigenvalue weighted by Gasteiger charge is 2.29. The third-order valence-corrected chi connectivity index (χ3v) is 5.86. The number of thioether (sulfide) groups is 1. The number of hydrogen-bond donors (Lipinski definition) is 0. The third-order valence-electron chi connectivity index (χ3n) is 4.91. The van der Waals surface area contributed by atoms with Gasteiger partial charge in [0.05, 0.1) is 0 Å². The van der Waals surface area contributed by atoms with Crippen molar-refractivity contribution >= 4 is 17.7 Å². The molecule has 1 aromatic rings.